The molecule has 0 spiro atoms. The number of hydrogen-bond donors (Lipinski definition) is 2. The summed E-state index contributed by atoms with van der Waals surface area (Å²) in [6.45, 7) is 0.316. The number of methoxy groups -OCH3 is 2. The second-order valence-corrected chi connectivity index (χ2v) is 5.42. The van der Waals surface area contributed by atoms with Crippen LogP contribution in [0.1, 0.15) is 15.9 Å². The molecule has 0 saturated carbocycles. The Labute approximate surface area is 144 Å². The average molecular weight is 342 g/mol. The summed E-state index contributed by atoms with van der Waals surface area (Å²) in [7, 11) is 3.13. The number of carbonyl (C=O) groups excluding carboxylic acids is 2. The molecule has 2 N–H and O–H groups in total. The molecule has 7 nitrogen and oxygen atoms in total. The quantitative estimate of drug-likeness (QED) is 0.868. The summed E-state index contributed by atoms with van der Waals surface area (Å²) >= 11 is 0. The van der Waals surface area contributed by atoms with Crippen LogP contribution in [0.3, 0.4) is 0 Å². The second kappa shape index (κ2) is 7.12. The minimum absolute atomic E-state index is 0.0160. The number of benzene rings is 2. The van der Waals surface area contributed by atoms with E-state index < -0.39 is 0 Å². The maximum atomic E-state index is 12.3. The fourth-order valence-corrected chi connectivity index (χ4v) is 2.50. The van der Waals surface area contributed by atoms with Crippen molar-refractivity contribution in [2.75, 3.05) is 26.1 Å². The molecule has 25 heavy (non-hydrogen) atoms. The number of rotatable bonds is 5. The lowest BCUT2D eigenvalue weighted by Crippen LogP contribution is -2.27. The third kappa shape index (κ3) is 3.65. The van der Waals surface area contributed by atoms with E-state index in [1.165, 1.54) is 0 Å². The molecule has 1 aliphatic heterocycles. The number of ether oxygens (including phenoxy) is 3. The van der Waals surface area contributed by atoms with Crippen LogP contribution in [-0.4, -0.2) is 32.6 Å². The molecule has 1 heterocycles. The first kappa shape index (κ1) is 16.6. The van der Waals surface area contributed by atoms with E-state index in [4.69, 9.17) is 14.2 Å². The van der Waals surface area contributed by atoms with Crippen LogP contribution in [0, 0.1) is 0 Å². The van der Waals surface area contributed by atoms with E-state index in [1.807, 2.05) is 6.07 Å². The van der Waals surface area contributed by atoms with Crippen LogP contribution >= 0.6 is 0 Å². The van der Waals surface area contributed by atoms with Crippen LogP contribution in [-0.2, 0) is 11.3 Å². The summed E-state index contributed by atoms with van der Waals surface area (Å²) in [4.78, 5) is 23.7. The lowest BCUT2D eigenvalue weighted by Gasteiger charge is -2.18. The Kier molecular flexibility index (Phi) is 4.74. The van der Waals surface area contributed by atoms with Crippen molar-refractivity contribution in [1.29, 1.82) is 0 Å². The van der Waals surface area contributed by atoms with E-state index >= 15 is 0 Å². The normalized spacial score (nSPS) is 12.5. The molecule has 3 rings (SSSR count). The van der Waals surface area contributed by atoms with Gasteiger partial charge < -0.3 is 24.8 Å². The van der Waals surface area contributed by atoms with Crippen LogP contribution in [0.2, 0.25) is 0 Å². The molecule has 1 aliphatic rings. The van der Waals surface area contributed by atoms with Crippen molar-refractivity contribution in [3.63, 3.8) is 0 Å². The molecule has 130 valence electrons. The van der Waals surface area contributed by atoms with Crippen molar-refractivity contribution in [3.8, 4) is 17.2 Å². The predicted molar refractivity (Wildman–Crippen MR) is 91.3 cm³/mol. The summed E-state index contributed by atoms with van der Waals surface area (Å²) in [6, 6.07) is 10.4. The van der Waals surface area contributed by atoms with E-state index in [1.54, 1.807) is 44.6 Å². The Balaban J connectivity index is 1.69. The van der Waals surface area contributed by atoms with Gasteiger partial charge in [-0.15, -0.1) is 0 Å². The van der Waals surface area contributed by atoms with Gasteiger partial charge in [-0.3, -0.25) is 9.59 Å². The highest BCUT2D eigenvalue weighted by Gasteiger charge is 2.17. The standard InChI is InChI=1S/C18H18N2O5/c1-23-15-5-3-11(7-16(15)24-2)9-19-18(22)12-4-6-14-13(8-12)20-17(21)10-25-14/h3-8H,9-10H2,1-2H3,(H,19,22)(H,20,21). The van der Waals surface area contributed by atoms with Crippen molar-refractivity contribution in [1.82, 2.24) is 5.32 Å². The first-order valence-electron chi connectivity index (χ1n) is 7.66. The topological polar surface area (TPSA) is 85.9 Å². The van der Waals surface area contributed by atoms with Crippen LogP contribution < -0.4 is 24.8 Å². The minimum atomic E-state index is -0.252. The van der Waals surface area contributed by atoms with Crippen molar-refractivity contribution in [2.24, 2.45) is 0 Å². The summed E-state index contributed by atoms with van der Waals surface area (Å²) in [5.74, 6) is 1.29. The van der Waals surface area contributed by atoms with Crippen molar-refractivity contribution in [3.05, 3.63) is 47.5 Å². The van der Waals surface area contributed by atoms with Gasteiger partial charge in [-0.05, 0) is 35.9 Å². The van der Waals surface area contributed by atoms with E-state index in [0.29, 0.717) is 35.0 Å². The molecule has 0 unspecified atom stereocenters. The van der Waals surface area contributed by atoms with Crippen molar-refractivity contribution >= 4 is 17.5 Å². The third-order valence-electron chi connectivity index (χ3n) is 3.78. The Morgan fingerprint density at radius 1 is 1.16 bits per heavy atom. The molecule has 7 heteroatoms. The molecule has 2 amide bonds. The van der Waals surface area contributed by atoms with Gasteiger partial charge in [0, 0.05) is 12.1 Å². The predicted octanol–water partition coefficient (Wildman–Crippen LogP) is 1.96. The van der Waals surface area contributed by atoms with Crippen molar-refractivity contribution < 1.29 is 23.8 Å². The summed E-state index contributed by atoms with van der Waals surface area (Å²) in [5, 5.41) is 5.52. The average Bonchev–Trinajstić information content (AvgIpc) is 2.65. The maximum Gasteiger partial charge on any atom is 0.262 e. The number of hydrogen-bond acceptors (Lipinski definition) is 5. The summed E-state index contributed by atoms with van der Waals surface area (Å²) in [6.07, 6.45) is 0. The first-order chi connectivity index (χ1) is 12.1. The van der Waals surface area contributed by atoms with Gasteiger partial charge in [0.05, 0.1) is 19.9 Å². The maximum absolute atomic E-state index is 12.3. The number of anilines is 1. The Morgan fingerprint density at radius 2 is 1.96 bits per heavy atom. The lowest BCUT2D eigenvalue weighted by molar-refractivity contribution is -0.118. The van der Waals surface area contributed by atoms with Gasteiger partial charge in [0.1, 0.15) is 5.75 Å². The van der Waals surface area contributed by atoms with Gasteiger partial charge in [-0.1, -0.05) is 6.07 Å². The molecular formula is C18H18N2O5. The SMILES string of the molecule is COc1ccc(CNC(=O)c2ccc3c(c2)NC(=O)CO3)cc1OC. The van der Waals surface area contributed by atoms with Crippen LogP contribution in [0.15, 0.2) is 36.4 Å². The summed E-state index contributed by atoms with van der Waals surface area (Å²) < 4.78 is 15.7. The highest BCUT2D eigenvalue weighted by molar-refractivity contribution is 5.99. The van der Waals surface area contributed by atoms with Gasteiger partial charge in [-0.25, -0.2) is 0 Å². The van der Waals surface area contributed by atoms with Crippen LogP contribution in [0.25, 0.3) is 0 Å². The van der Waals surface area contributed by atoms with Gasteiger partial charge in [0.2, 0.25) is 0 Å². The third-order valence-corrected chi connectivity index (χ3v) is 3.78. The zero-order valence-electron chi connectivity index (χ0n) is 13.9. The van der Waals surface area contributed by atoms with Crippen LogP contribution in [0.5, 0.6) is 17.2 Å². The molecule has 0 fully saturated rings. The smallest absolute Gasteiger partial charge is 0.262 e. The molecule has 2 aromatic rings. The van der Waals surface area contributed by atoms with Gasteiger partial charge in [0.25, 0.3) is 11.8 Å². The number of nitrogens with one attached hydrogen (secondary N) is 2. The molecule has 2 aromatic carbocycles. The Bertz CT molecular complexity index is 819. The molecule has 0 atom stereocenters. The van der Waals surface area contributed by atoms with E-state index in [9.17, 15) is 9.59 Å². The molecule has 0 radical (unpaired) electrons. The fraction of sp³-hybridized carbons (Fsp3) is 0.222. The number of fused-ring (bicyclic) bond motifs is 1. The zero-order chi connectivity index (χ0) is 17.8. The Hall–Kier alpha value is -3.22. The molecule has 0 aliphatic carbocycles. The molecular weight excluding hydrogens is 324 g/mol. The van der Waals surface area contributed by atoms with Gasteiger partial charge >= 0.3 is 0 Å². The lowest BCUT2D eigenvalue weighted by atomic mass is 10.1. The highest BCUT2D eigenvalue weighted by atomic mass is 16.5. The van der Waals surface area contributed by atoms with E-state index in [0.717, 1.165) is 5.56 Å². The Morgan fingerprint density at radius 3 is 2.72 bits per heavy atom. The number of amides is 2. The second-order valence-electron chi connectivity index (χ2n) is 5.42. The molecule has 0 aromatic heterocycles. The van der Waals surface area contributed by atoms with Crippen LogP contribution in [0.4, 0.5) is 5.69 Å². The van der Waals surface area contributed by atoms with E-state index in [2.05, 4.69) is 10.6 Å². The highest BCUT2D eigenvalue weighted by Crippen LogP contribution is 2.29. The minimum Gasteiger partial charge on any atom is -0.493 e. The van der Waals surface area contributed by atoms with E-state index in [-0.39, 0.29) is 18.4 Å². The first-order valence-corrected chi connectivity index (χ1v) is 7.66. The molecule has 0 bridgehead atoms. The van der Waals surface area contributed by atoms with Gasteiger partial charge in [-0.2, -0.15) is 0 Å². The summed E-state index contributed by atoms with van der Waals surface area (Å²) in [5.41, 5.74) is 1.81. The van der Waals surface area contributed by atoms with Gasteiger partial charge in [0.15, 0.2) is 18.1 Å². The largest absolute Gasteiger partial charge is 0.493 e. The molecule has 0 saturated heterocycles. The number of carbonyl (C=O) groups is 2. The van der Waals surface area contributed by atoms with Crippen molar-refractivity contribution in [2.45, 2.75) is 6.54 Å². The monoisotopic (exact) mass is 342 g/mol. The fourth-order valence-electron chi connectivity index (χ4n) is 2.50. The zero-order valence-corrected chi connectivity index (χ0v) is 13.9.